The quantitative estimate of drug-likeness (QED) is 0.768. The van der Waals surface area contributed by atoms with Gasteiger partial charge in [-0.25, -0.2) is 9.18 Å². The van der Waals surface area contributed by atoms with E-state index < -0.39 is 23.6 Å². The maximum Gasteiger partial charge on any atom is 0.416 e. The molecule has 25 heavy (non-hydrogen) atoms. The lowest BCUT2D eigenvalue weighted by Crippen LogP contribution is -2.36. The highest BCUT2D eigenvalue weighted by Crippen LogP contribution is 2.32. The van der Waals surface area contributed by atoms with E-state index in [2.05, 4.69) is 5.32 Å². The van der Waals surface area contributed by atoms with Crippen LogP contribution < -0.4 is 5.32 Å². The van der Waals surface area contributed by atoms with E-state index in [4.69, 9.17) is 0 Å². The van der Waals surface area contributed by atoms with Crippen LogP contribution in [0.15, 0.2) is 48.5 Å². The lowest BCUT2D eigenvalue weighted by molar-refractivity contribution is -0.137. The van der Waals surface area contributed by atoms with E-state index >= 15 is 0 Å². The second-order valence-corrected chi connectivity index (χ2v) is 5.96. The Balaban J connectivity index is 1.75. The Bertz CT molecular complexity index is 772. The van der Waals surface area contributed by atoms with Gasteiger partial charge in [0.25, 0.3) is 0 Å². The summed E-state index contributed by atoms with van der Waals surface area (Å²) in [4.78, 5) is 13.9. The van der Waals surface area contributed by atoms with E-state index in [1.807, 2.05) is 0 Å². The van der Waals surface area contributed by atoms with E-state index in [0.717, 1.165) is 25.0 Å². The molecule has 2 amide bonds. The largest absolute Gasteiger partial charge is 0.416 e. The van der Waals surface area contributed by atoms with Crippen LogP contribution in [0.5, 0.6) is 0 Å². The van der Waals surface area contributed by atoms with Crippen LogP contribution in [0.4, 0.5) is 28.0 Å². The van der Waals surface area contributed by atoms with Crippen LogP contribution >= 0.6 is 0 Å². The van der Waals surface area contributed by atoms with Crippen LogP contribution in [0.3, 0.4) is 0 Å². The summed E-state index contributed by atoms with van der Waals surface area (Å²) in [6.45, 7) is 0.0716. The third-order valence-electron chi connectivity index (χ3n) is 3.99. The number of alkyl halides is 3. The highest BCUT2D eigenvalue weighted by molar-refractivity contribution is 5.89. The fourth-order valence-electron chi connectivity index (χ4n) is 2.53. The number of halogens is 4. The van der Waals surface area contributed by atoms with Crippen molar-refractivity contribution in [3.05, 3.63) is 65.5 Å². The summed E-state index contributed by atoms with van der Waals surface area (Å²) >= 11 is 0. The first-order chi connectivity index (χ1) is 11.8. The second-order valence-electron chi connectivity index (χ2n) is 5.96. The monoisotopic (exact) mass is 352 g/mol. The molecule has 3 rings (SSSR count). The highest BCUT2D eigenvalue weighted by Gasteiger charge is 2.34. The summed E-state index contributed by atoms with van der Waals surface area (Å²) < 4.78 is 52.1. The number of urea groups is 1. The van der Waals surface area contributed by atoms with Gasteiger partial charge in [-0.05, 0) is 37.1 Å². The Morgan fingerprint density at radius 1 is 1.12 bits per heavy atom. The molecule has 1 aliphatic carbocycles. The minimum Gasteiger partial charge on any atom is -0.317 e. The molecule has 0 bridgehead atoms. The number of nitrogens with one attached hydrogen (secondary N) is 1. The van der Waals surface area contributed by atoms with Gasteiger partial charge in [0.15, 0.2) is 0 Å². The molecule has 1 fully saturated rings. The normalized spacial score (nSPS) is 14.2. The molecule has 0 radical (unpaired) electrons. The average Bonchev–Trinajstić information content (AvgIpc) is 3.38. The summed E-state index contributed by atoms with van der Waals surface area (Å²) in [6.07, 6.45) is -2.89. The number of nitrogens with zero attached hydrogens (tertiary/aromatic N) is 1. The Hall–Kier alpha value is -2.57. The van der Waals surface area contributed by atoms with Crippen LogP contribution in [0.1, 0.15) is 24.0 Å². The number of anilines is 1. The molecule has 0 spiro atoms. The number of carbonyl (C=O) groups excluding carboxylic acids is 1. The van der Waals surface area contributed by atoms with Crippen LogP contribution in [0.25, 0.3) is 0 Å². The Labute approximate surface area is 142 Å². The SMILES string of the molecule is O=C(Nc1cccc(C(F)(F)F)c1)N(Cc1ccccc1F)C1CC1. The summed E-state index contributed by atoms with van der Waals surface area (Å²) in [6, 6.07) is 10.0. The Morgan fingerprint density at radius 3 is 2.48 bits per heavy atom. The standard InChI is InChI=1S/C18H16F4N2O/c19-16-7-2-1-4-12(16)11-24(15-8-9-15)17(25)23-14-6-3-5-13(10-14)18(20,21)22/h1-7,10,15H,8-9,11H2,(H,23,25). The number of hydrogen-bond acceptors (Lipinski definition) is 1. The molecule has 1 saturated carbocycles. The van der Waals surface area contributed by atoms with Crippen LogP contribution in [-0.4, -0.2) is 17.0 Å². The minimum absolute atomic E-state index is 0.0228. The Morgan fingerprint density at radius 2 is 1.84 bits per heavy atom. The van der Waals surface area contributed by atoms with Crippen molar-refractivity contribution in [2.75, 3.05) is 5.32 Å². The first-order valence-electron chi connectivity index (χ1n) is 7.83. The maximum atomic E-state index is 13.8. The molecule has 3 nitrogen and oxygen atoms in total. The third-order valence-corrected chi connectivity index (χ3v) is 3.99. The number of carbonyl (C=O) groups is 1. The summed E-state index contributed by atoms with van der Waals surface area (Å²) in [5.74, 6) is -0.417. The zero-order chi connectivity index (χ0) is 18.0. The molecule has 1 aliphatic rings. The van der Waals surface area contributed by atoms with Crippen molar-refractivity contribution in [2.45, 2.75) is 31.6 Å². The molecule has 2 aromatic rings. The van der Waals surface area contributed by atoms with Gasteiger partial charge < -0.3 is 10.2 Å². The lowest BCUT2D eigenvalue weighted by Gasteiger charge is -2.23. The fraction of sp³-hybridized carbons (Fsp3) is 0.278. The van der Waals surface area contributed by atoms with Crippen LogP contribution in [0.2, 0.25) is 0 Å². The molecule has 2 aromatic carbocycles. The number of benzene rings is 2. The van der Waals surface area contributed by atoms with E-state index in [1.165, 1.54) is 23.1 Å². The fourth-order valence-corrected chi connectivity index (χ4v) is 2.53. The van der Waals surface area contributed by atoms with Gasteiger partial charge in [0.2, 0.25) is 0 Å². The molecule has 0 heterocycles. The van der Waals surface area contributed by atoms with E-state index in [0.29, 0.717) is 5.56 Å². The minimum atomic E-state index is -4.48. The van der Waals surface area contributed by atoms with Crippen molar-refractivity contribution in [1.82, 2.24) is 4.90 Å². The molecule has 7 heteroatoms. The zero-order valence-electron chi connectivity index (χ0n) is 13.2. The molecule has 0 unspecified atom stereocenters. The summed E-state index contributed by atoms with van der Waals surface area (Å²) in [7, 11) is 0. The topological polar surface area (TPSA) is 32.3 Å². The van der Waals surface area contributed by atoms with Crippen molar-refractivity contribution in [2.24, 2.45) is 0 Å². The van der Waals surface area contributed by atoms with Gasteiger partial charge in [0.1, 0.15) is 5.82 Å². The predicted octanol–water partition coefficient (Wildman–Crippen LogP) is 5.04. The molecule has 0 aliphatic heterocycles. The first kappa shape index (κ1) is 17.3. The molecule has 0 aromatic heterocycles. The zero-order valence-corrected chi connectivity index (χ0v) is 13.2. The van der Waals surface area contributed by atoms with Gasteiger partial charge in [0.05, 0.1) is 12.1 Å². The van der Waals surface area contributed by atoms with Crippen molar-refractivity contribution in [3.63, 3.8) is 0 Å². The molecule has 0 saturated heterocycles. The summed E-state index contributed by atoms with van der Waals surface area (Å²) in [5, 5.41) is 2.48. The third kappa shape index (κ3) is 4.29. The van der Waals surface area contributed by atoms with Crippen LogP contribution in [0, 0.1) is 5.82 Å². The van der Waals surface area contributed by atoms with E-state index in [9.17, 15) is 22.4 Å². The lowest BCUT2D eigenvalue weighted by atomic mass is 10.2. The van der Waals surface area contributed by atoms with Crippen molar-refractivity contribution >= 4 is 11.7 Å². The first-order valence-corrected chi connectivity index (χ1v) is 7.83. The number of amides is 2. The van der Waals surface area contributed by atoms with Crippen molar-refractivity contribution in [3.8, 4) is 0 Å². The van der Waals surface area contributed by atoms with Crippen molar-refractivity contribution in [1.29, 1.82) is 0 Å². The van der Waals surface area contributed by atoms with Crippen LogP contribution in [-0.2, 0) is 12.7 Å². The molecule has 132 valence electrons. The maximum absolute atomic E-state index is 13.8. The number of hydrogen-bond donors (Lipinski definition) is 1. The second kappa shape index (κ2) is 6.74. The average molecular weight is 352 g/mol. The predicted molar refractivity (Wildman–Crippen MR) is 85.4 cm³/mol. The van der Waals surface area contributed by atoms with E-state index in [1.54, 1.807) is 18.2 Å². The molecular formula is C18H16F4N2O. The van der Waals surface area contributed by atoms with E-state index in [-0.39, 0.29) is 18.3 Å². The smallest absolute Gasteiger partial charge is 0.317 e. The molecule has 0 atom stereocenters. The van der Waals surface area contributed by atoms with Crippen molar-refractivity contribution < 1.29 is 22.4 Å². The molecular weight excluding hydrogens is 336 g/mol. The molecule has 1 N–H and O–H groups in total. The van der Waals surface area contributed by atoms with Gasteiger partial charge in [-0.2, -0.15) is 13.2 Å². The van der Waals surface area contributed by atoms with Gasteiger partial charge in [-0.3, -0.25) is 0 Å². The summed E-state index contributed by atoms with van der Waals surface area (Å²) in [5.41, 5.74) is -0.412. The van der Waals surface area contributed by atoms with Gasteiger partial charge in [0, 0.05) is 17.3 Å². The van der Waals surface area contributed by atoms with Gasteiger partial charge in [-0.15, -0.1) is 0 Å². The Kier molecular flexibility index (Phi) is 4.65. The van der Waals surface area contributed by atoms with Gasteiger partial charge in [-0.1, -0.05) is 24.3 Å². The van der Waals surface area contributed by atoms with Gasteiger partial charge >= 0.3 is 12.2 Å². The number of rotatable bonds is 4. The highest BCUT2D eigenvalue weighted by atomic mass is 19.4.